The van der Waals surface area contributed by atoms with Gasteiger partial charge in [0.2, 0.25) is 0 Å². The van der Waals surface area contributed by atoms with Crippen molar-refractivity contribution in [1.29, 1.82) is 0 Å². The van der Waals surface area contributed by atoms with Crippen LogP contribution in [-0.4, -0.2) is 19.4 Å². The van der Waals surface area contributed by atoms with E-state index in [4.69, 9.17) is 0 Å². The molecule has 1 aliphatic rings. The summed E-state index contributed by atoms with van der Waals surface area (Å²) in [6.45, 7) is 1.68. The third kappa shape index (κ3) is 0.918. The average Bonchev–Trinajstić information content (AvgIpc) is 2.31. The summed E-state index contributed by atoms with van der Waals surface area (Å²) in [5.41, 5.74) is 0.448. The van der Waals surface area contributed by atoms with Crippen LogP contribution in [0.1, 0.15) is 5.82 Å². The Morgan fingerprint density at radius 1 is 1.58 bits per heavy atom. The number of amides is 1. The summed E-state index contributed by atoms with van der Waals surface area (Å²) in [5.74, 6) is 0.513. The summed E-state index contributed by atoms with van der Waals surface area (Å²) in [6.07, 6.45) is 1.46. The van der Waals surface area contributed by atoms with Crippen molar-refractivity contribution < 1.29 is 9.00 Å². The van der Waals surface area contributed by atoms with E-state index in [1.165, 1.54) is 6.20 Å². The van der Waals surface area contributed by atoms with Crippen molar-refractivity contribution in [2.45, 2.75) is 11.9 Å². The molecule has 2 rings (SSSR count). The summed E-state index contributed by atoms with van der Waals surface area (Å²) in [5, 5.41) is 2.17. The number of carbonyl (C=O) groups is 1. The average molecular weight is 183 g/mol. The number of nitrogens with one attached hydrogen (secondary N) is 1. The zero-order chi connectivity index (χ0) is 8.72. The normalized spacial score (nSPS) is 20.4. The van der Waals surface area contributed by atoms with Crippen molar-refractivity contribution in [2.75, 3.05) is 5.32 Å². The van der Waals surface area contributed by atoms with E-state index in [9.17, 15) is 9.00 Å². The van der Waals surface area contributed by atoms with Gasteiger partial charge in [-0.25, -0.2) is 14.2 Å². The predicted octanol–water partition coefficient (Wildman–Crippen LogP) is 0.438. The van der Waals surface area contributed by atoms with E-state index in [2.05, 4.69) is 15.3 Å². The van der Waals surface area contributed by atoms with Gasteiger partial charge in [0.15, 0.2) is 15.8 Å². The maximum Gasteiger partial charge on any atom is 0.320 e. The molecule has 1 atom stereocenters. The minimum absolute atomic E-state index is 0.285. The molecule has 0 bridgehead atoms. The zero-order valence-electron chi connectivity index (χ0n) is 6.20. The Labute approximate surface area is 70.7 Å². The number of carbonyl (C=O) groups excluding carboxylic acids is 1. The second-order valence-corrected chi connectivity index (χ2v) is 3.61. The summed E-state index contributed by atoms with van der Waals surface area (Å²) in [7, 11) is -1.65. The highest BCUT2D eigenvalue weighted by Gasteiger charge is 2.28. The first-order chi connectivity index (χ1) is 5.68. The fraction of sp³-hybridized carbons (Fsp3) is 0.167. The number of anilines is 1. The van der Waals surface area contributed by atoms with Crippen molar-refractivity contribution >= 4 is 21.7 Å². The fourth-order valence-corrected chi connectivity index (χ4v) is 1.82. The van der Waals surface area contributed by atoms with Crippen molar-refractivity contribution in [3.8, 4) is 0 Å². The highest BCUT2D eigenvalue weighted by molar-refractivity contribution is 8.01. The van der Waals surface area contributed by atoms with Crippen LogP contribution >= 0.6 is 0 Å². The van der Waals surface area contributed by atoms with Gasteiger partial charge in [0.1, 0.15) is 5.82 Å². The van der Waals surface area contributed by atoms with Gasteiger partial charge in [-0.1, -0.05) is 0 Å². The lowest BCUT2D eigenvalue weighted by Crippen LogP contribution is -2.05. The van der Waals surface area contributed by atoms with Gasteiger partial charge in [-0.2, -0.15) is 0 Å². The van der Waals surface area contributed by atoms with Crippen LogP contribution in [0.3, 0.4) is 0 Å². The van der Waals surface area contributed by atoms with Gasteiger partial charge >= 0.3 is 5.24 Å². The Morgan fingerprint density at radius 2 is 2.33 bits per heavy atom. The molecule has 12 heavy (non-hydrogen) atoms. The Bertz CT molecular complexity index is 390. The molecule has 1 aromatic heterocycles. The van der Waals surface area contributed by atoms with E-state index >= 15 is 0 Å². The van der Waals surface area contributed by atoms with Crippen LogP contribution in [0.4, 0.5) is 10.5 Å². The lowest BCUT2D eigenvalue weighted by Gasteiger charge is -1.94. The fourth-order valence-electron chi connectivity index (χ4n) is 0.920. The Balaban J connectivity index is 2.63. The van der Waals surface area contributed by atoms with E-state index in [-0.39, 0.29) is 5.03 Å². The van der Waals surface area contributed by atoms with Crippen LogP contribution in [0.5, 0.6) is 0 Å². The van der Waals surface area contributed by atoms with Crippen molar-refractivity contribution in [3.05, 3.63) is 12.0 Å². The zero-order valence-corrected chi connectivity index (χ0v) is 7.01. The molecule has 62 valence electrons. The second-order valence-electron chi connectivity index (χ2n) is 2.32. The molecule has 0 fully saturated rings. The van der Waals surface area contributed by atoms with Gasteiger partial charge in [-0.3, -0.25) is 4.79 Å². The molecule has 0 spiro atoms. The van der Waals surface area contributed by atoms with Crippen LogP contribution in [0.2, 0.25) is 0 Å². The molecule has 1 aliphatic heterocycles. The predicted molar refractivity (Wildman–Crippen MR) is 42.2 cm³/mol. The number of rotatable bonds is 0. The largest absolute Gasteiger partial charge is 0.320 e. The Kier molecular flexibility index (Phi) is 1.44. The molecule has 2 heterocycles. The lowest BCUT2D eigenvalue weighted by atomic mass is 10.5. The Hall–Kier alpha value is -1.30. The van der Waals surface area contributed by atoms with Gasteiger partial charge in [0.05, 0.1) is 11.9 Å². The van der Waals surface area contributed by atoms with Crippen LogP contribution < -0.4 is 5.32 Å². The first kappa shape index (κ1) is 7.35. The number of aromatic nitrogens is 2. The number of aryl methyl sites for hydroxylation is 1. The molecule has 6 heteroatoms. The van der Waals surface area contributed by atoms with Crippen LogP contribution in [0.15, 0.2) is 11.2 Å². The molecular formula is C6H5N3O2S. The molecule has 1 unspecified atom stereocenters. The minimum atomic E-state index is -1.65. The van der Waals surface area contributed by atoms with Crippen molar-refractivity contribution in [3.63, 3.8) is 0 Å². The highest BCUT2D eigenvalue weighted by atomic mass is 32.2. The molecule has 0 aliphatic carbocycles. The molecule has 1 N–H and O–H groups in total. The standard InChI is InChI=1S/C6H5N3O2S/c1-3-7-2-4-5(8-3)12(11)6(10)9-4/h2H,1H3,(H,9,10). The van der Waals surface area contributed by atoms with Crippen LogP contribution in [0.25, 0.3) is 0 Å². The lowest BCUT2D eigenvalue weighted by molar-refractivity contribution is 0.269. The van der Waals surface area contributed by atoms with E-state index in [1.54, 1.807) is 6.92 Å². The maximum atomic E-state index is 11.2. The number of nitrogens with zero attached hydrogens (tertiary/aromatic N) is 2. The molecule has 1 amide bonds. The van der Waals surface area contributed by atoms with Crippen LogP contribution in [0, 0.1) is 6.92 Å². The number of fused-ring (bicyclic) bond motifs is 1. The van der Waals surface area contributed by atoms with Crippen molar-refractivity contribution in [1.82, 2.24) is 9.97 Å². The topological polar surface area (TPSA) is 72.0 Å². The third-order valence-corrected chi connectivity index (χ3v) is 2.56. The summed E-state index contributed by atoms with van der Waals surface area (Å²) < 4.78 is 11.2. The van der Waals surface area contributed by atoms with E-state index in [0.29, 0.717) is 11.5 Å². The highest BCUT2D eigenvalue weighted by Crippen LogP contribution is 2.23. The molecule has 0 saturated carbocycles. The summed E-state index contributed by atoms with van der Waals surface area (Å²) >= 11 is 0. The van der Waals surface area contributed by atoms with Gasteiger partial charge in [-0.15, -0.1) is 0 Å². The summed E-state index contributed by atoms with van der Waals surface area (Å²) in [4.78, 5) is 18.6. The molecule has 0 radical (unpaired) electrons. The molecular weight excluding hydrogens is 178 g/mol. The molecule has 5 nitrogen and oxygen atoms in total. The summed E-state index contributed by atoms with van der Waals surface area (Å²) in [6, 6.07) is 0. The SMILES string of the molecule is Cc1ncc2c(n1)S(=O)C(=O)N2. The smallest absolute Gasteiger partial charge is 0.311 e. The maximum absolute atomic E-state index is 11.2. The Morgan fingerprint density at radius 3 is 3.08 bits per heavy atom. The molecule has 1 aromatic rings. The van der Waals surface area contributed by atoms with Crippen LogP contribution in [-0.2, 0) is 10.8 Å². The van der Waals surface area contributed by atoms with E-state index in [0.717, 1.165) is 0 Å². The monoisotopic (exact) mass is 183 g/mol. The van der Waals surface area contributed by atoms with Gasteiger partial charge in [0.25, 0.3) is 0 Å². The second kappa shape index (κ2) is 2.34. The van der Waals surface area contributed by atoms with Crippen molar-refractivity contribution in [2.24, 2.45) is 0 Å². The van der Waals surface area contributed by atoms with E-state index in [1.807, 2.05) is 0 Å². The number of hydrogen-bond acceptors (Lipinski definition) is 4. The molecule has 0 saturated heterocycles. The quantitative estimate of drug-likeness (QED) is 0.592. The van der Waals surface area contributed by atoms with Gasteiger partial charge in [-0.05, 0) is 6.92 Å². The first-order valence-electron chi connectivity index (χ1n) is 3.25. The van der Waals surface area contributed by atoms with Gasteiger partial charge < -0.3 is 5.32 Å². The van der Waals surface area contributed by atoms with Gasteiger partial charge in [0, 0.05) is 0 Å². The molecule has 0 aromatic carbocycles. The third-order valence-electron chi connectivity index (χ3n) is 1.45. The minimum Gasteiger partial charge on any atom is -0.311 e. The first-order valence-corrected chi connectivity index (χ1v) is 4.40. The number of hydrogen-bond donors (Lipinski definition) is 1. The van der Waals surface area contributed by atoms with E-state index < -0.39 is 16.0 Å².